The number of carbonyl (C=O) groups excluding carboxylic acids is 1. The molecule has 5 nitrogen and oxygen atoms in total. The van der Waals surface area contributed by atoms with E-state index in [1.54, 1.807) is 26.2 Å². The molecule has 0 unspecified atom stereocenters. The summed E-state index contributed by atoms with van der Waals surface area (Å²) in [4.78, 5) is 20.8. The van der Waals surface area contributed by atoms with Crippen molar-refractivity contribution in [3.8, 4) is 17.0 Å². The number of nitrogens with one attached hydrogen (secondary N) is 1. The predicted molar refractivity (Wildman–Crippen MR) is 110 cm³/mol. The lowest BCUT2D eigenvalue weighted by molar-refractivity contribution is 0.101. The van der Waals surface area contributed by atoms with Gasteiger partial charge >= 0.3 is 0 Å². The number of nitrogens with zero attached hydrogens (tertiary/aromatic N) is 2. The van der Waals surface area contributed by atoms with E-state index in [-0.39, 0.29) is 11.2 Å². The van der Waals surface area contributed by atoms with Crippen LogP contribution in [0.2, 0.25) is 0 Å². The molecule has 142 valence electrons. The minimum atomic E-state index is 0.00936. The zero-order valence-electron chi connectivity index (χ0n) is 16.5. The van der Waals surface area contributed by atoms with Gasteiger partial charge in [-0.1, -0.05) is 19.9 Å². The average Bonchev–Trinajstić information content (AvgIpc) is 2.68. The van der Waals surface area contributed by atoms with Crippen LogP contribution in [-0.4, -0.2) is 22.9 Å². The van der Waals surface area contributed by atoms with Crippen LogP contribution in [0.5, 0.6) is 5.75 Å². The molecule has 1 aromatic heterocycles. The van der Waals surface area contributed by atoms with Crippen LogP contribution in [0.15, 0.2) is 48.7 Å². The highest BCUT2D eigenvalue weighted by Crippen LogP contribution is 2.43. The van der Waals surface area contributed by atoms with Gasteiger partial charge in [0.25, 0.3) is 0 Å². The van der Waals surface area contributed by atoms with Crippen LogP contribution in [0.4, 0.5) is 11.6 Å². The van der Waals surface area contributed by atoms with E-state index in [4.69, 9.17) is 9.72 Å². The molecule has 5 heteroatoms. The summed E-state index contributed by atoms with van der Waals surface area (Å²) in [6, 6.07) is 13.5. The summed E-state index contributed by atoms with van der Waals surface area (Å²) in [6.45, 7) is 6.04. The van der Waals surface area contributed by atoms with Gasteiger partial charge in [0.15, 0.2) is 5.78 Å². The van der Waals surface area contributed by atoms with Gasteiger partial charge in [0, 0.05) is 23.0 Å². The molecule has 0 bridgehead atoms. The smallest absolute Gasteiger partial charge is 0.227 e. The second-order valence-corrected chi connectivity index (χ2v) is 7.80. The molecule has 2 aromatic carbocycles. The molecular weight excluding hydrogens is 350 g/mol. The summed E-state index contributed by atoms with van der Waals surface area (Å²) in [5.41, 5.74) is 5.94. The van der Waals surface area contributed by atoms with Crippen molar-refractivity contribution in [1.82, 2.24) is 9.97 Å². The number of rotatable bonds is 4. The Kier molecular flexibility index (Phi) is 4.38. The number of hydrogen-bond donors (Lipinski definition) is 1. The SMILES string of the molecule is COc1ccc2c(c1)-c1nc(Nc3ccc(C(C)=O)cc3)ncc1CC2(C)C. The van der Waals surface area contributed by atoms with Crippen LogP contribution in [0.25, 0.3) is 11.3 Å². The first-order valence-corrected chi connectivity index (χ1v) is 9.30. The summed E-state index contributed by atoms with van der Waals surface area (Å²) >= 11 is 0. The maximum atomic E-state index is 11.4. The van der Waals surface area contributed by atoms with Gasteiger partial charge < -0.3 is 10.1 Å². The van der Waals surface area contributed by atoms with Crippen LogP contribution in [0, 0.1) is 0 Å². The Balaban J connectivity index is 1.72. The standard InChI is InChI=1S/C23H23N3O2/c1-14(27)15-5-7-17(8-6-15)25-22-24-13-16-12-23(2,3)20-10-9-18(28-4)11-19(20)21(16)26-22/h5-11,13H,12H2,1-4H3,(H,24,25,26). The van der Waals surface area contributed by atoms with Crippen molar-refractivity contribution in [2.24, 2.45) is 0 Å². The van der Waals surface area contributed by atoms with E-state index in [0.29, 0.717) is 11.5 Å². The molecule has 0 aliphatic heterocycles. The Labute approximate surface area is 164 Å². The molecule has 1 aliphatic rings. The van der Waals surface area contributed by atoms with Gasteiger partial charge in [-0.2, -0.15) is 0 Å². The van der Waals surface area contributed by atoms with E-state index in [9.17, 15) is 4.79 Å². The lowest BCUT2D eigenvalue weighted by Crippen LogP contribution is -2.26. The number of fused-ring (bicyclic) bond motifs is 3. The van der Waals surface area contributed by atoms with Crippen molar-refractivity contribution >= 4 is 17.4 Å². The molecule has 0 saturated heterocycles. The molecule has 3 aromatic rings. The van der Waals surface area contributed by atoms with Crippen molar-refractivity contribution in [2.75, 3.05) is 12.4 Å². The number of methoxy groups -OCH3 is 1. The molecular formula is C23H23N3O2. The first kappa shape index (κ1) is 18.2. The maximum absolute atomic E-state index is 11.4. The number of Topliss-reactive ketones (excluding diaryl/α,β-unsaturated/α-hetero) is 1. The highest BCUT2D eigenvalue weighted by molar-refractivity contribution is 5.94. The zero-order valence-corrected chi connectivity index (χ0v) is 16.5. The van der Waals surface area contributed by atoms with Gasteiger partial charge in [0.1, 0.15) is 5.75 Å². The maximum Gasteiger partial charge on any atom is 0.227 e. The van der Waals surface area contributed by atoms with Crippen molar-refractivity contribution in [1.29, 1.82) is 0 Å². The third-order valence-electron chi connectivity index (χ3n) is 5.26. The fourth-order valence-electron chi connectivity index (χ4n) is 3.75. The van der Waals surface area contributed by atoms with Crippen LogP contribution >= 0.6 is 0 Å². The Bertz CT molecular complexity index is 1060. The largest absolute Gasteiger partial charge is 0.497 e. The molecule has 0 radical (unpaired) electrons. The molecule has 0 amide bonds. The predicted octanol–water partition coefficient (Wildman–Crippen LogP) is 4.93. The number of ketones is 1. The van der Waals surface area contributed by atoms with E-state index in [1.807, 2.05) is 30.5 Å². The Morgan fingerprint density at radius 1 is 1.14 bits per heavy atom. The van der Waals surface area contributed by atoms with Crippen molar-refractivity contribution in [2.45, 2.75) is 32.6 Å². The molecule has 28 heavy (non-hydrogen) atoms. The Morgan fingerprint density at radius 2 is 1.89 bits per heavy atom. The number of ether oxygens (including phenoxy) is 1. The highest BCUT2D eigenvalue weighted by atomic mass is 16.5. The van der Waals surface area contributed by atoms with E-state index in [0.717, 1.165) is 34.7 Å². The molecule has 1 N–H and O–H groups in total. The van der Waals surface area contributed by atoms with Crippen molar-refractivity contribution in [3.05, 3.63) is 65.4 Å². The summed E-state index contributed by atoms with van der Waals surface area (Å²) in [7, 11) is 1.67. The van der Waals surface area contributed by atoms with Crippen molar-refractivity contribution < 1.29 is 9.53 Å². The second-order valence-electron chi connectivity index (χ2n) is 7.80. The van der Waals surface area contributed by atoms with Gasteiger partial charge in [-0.05, 0) is 66.3 Å². The third-order valence-corrected chi connectivity index (χ3v) is 5.26. The Morgan fingerprint density at radius 3 is 2.57 bits per heavy atom. The van der Waals surface area contributed by atoms with Gasteiger partial charge in [0.2, 0.25) is 5.95 Å². The lowest BCUT2D eigenvalue weighted by Gasteiger charge is -2.33. The Hall–Kier alpha value is -3.21. The number of hydrogen-bond acceptors (Lipinski definition) is 5. The summed E-state index contributed by atoms with van der Waals surface area (Å²) < 4.78 is 5.43. The zero-order chi connectivity index (χ0) is 19.9. The quantitative estimate of drug-likeness (QED) is 0.657. The number of benzene rings is 2. The molecule has 4 rings (SSSR count). The first-order valence-electron chi connectivity index (χ1n) is 9.30. The number of aromatic nitrogens is 2. The van der Waals surface area contributed by atoms with Gasteiger partial charge in [0.05, 0.1) is 12.8 Å². The molecule has 0 fully saturated rings. The first-order chi connectivity index (χ1) is 13.4. The van der Waals surface area contributed by atoms with Crippen LogP contribution < -0.4 is 10.1 Å². The molecule has 0 spiro atoms. The second kappa shape index (κ2) is 6.75. The van der Waals surface area contributed by atoms with Crippen LogP contribution in [-0.2, 0) is 11.8 Å². The van der Waals surface area contributed by atoms with Gasteiger partial charge in [-0.25, -0.2) is 9.97 Å². The minimum Gasteiger partial charge on any atom is -0.497 e. The lowest BCUT2D eigenvalue weighted by atomic mass is 9.72. The fraction of sp³-hybridized carbons (Fsp3) is 0.261. The number of carbonyl (C=O) groups is 1. The normalized spacial score (nSPS) is 14.0. The third kappa shape index (κ3) is 3.24. The summed E-state index contributed by atoms with van der Waals surface area (Å²) in [5.74, 6) is 1.39. The average molecular weight is 373 g/mol. The minimum absolute atomic E-state index is 0.00936. The van der Waals surface area contributed by atoms with Gasteiger partial charge in [-0.3, -0.25) is 4.79 Å². The highest BCUT2D eigenvalue weighted by Gasteiger charge is 2.32. The van der Waals surface area contributed by atoms with E-state index >= 15 is 0 Å². The molecule has 1 heterocycles. The fourth-order valence-corrected chi connectivity index (χ4v) is 3.75. The van der Waals surface area contributed by atoms with E-state index in [2.05, 4.69) is 30.2 Å². The van der Waals surface area contributed by atoms with E-state index < -0.39 is 0 Å². The summed E-state index contributed by atoms with van der Waals surface area (Å²) in [5, 5.41) is 3.24. The molecule has 0 saturated carbocycles. The van der Waals surface area contributed by atoms with Crippen LogP contribution in [0.1, 0.15) is 42.3 Å². The topological polar surface area (TPSA) is 64.1 Å². The summed E-state index contributed by atoms with van der Waals surface area (Å²) in [6.07, 6.45) is 2.79. The molecule has 0 atom stereocenters. The van der Waals surface area contributed by atoms with E-state index in [1.165, 1.54) is 5.56 Å². The number of anilines is 2. The monoisotopic (exact) mass is 373 g/mol. The molecule has 1 aliphatic carbocycles. The van der Waals surface area contributed by atoms with Gasteiger partial charge in [-0.15, -0.1) is 0 Å². The van der Waals surface area contributed by atoms with Crippen LogP contribution in [0.3, 0.4) is 0 Å². The van der Waals surface area contributed by atoms with Crippen molar-refractivity contribution in [3.63, 3.8) is 0 Å².